The molecular weight excluding hydrogens is 194 g/mol. The van der Waals surface area contributed by atoms with Gasteiger partial charge in [-0.1, -0.05) is 42.5 Å². The Morgan fingerprint density at radius 2 is 1.88 bits per heavy atom. The highest BCUT2D eigenvalue weighted by atomic mass is 15.1. The molecule has 0 unspecified atom stereocenters. The number of hydrogen-bond donors (Lipinski definition) is 0. The Bertz CT molecular complexity index is 321. The fourth-order valence-electron chi connectivity index (χ4n) is 2.43. The second-order valence-electron chi connectivity index (χ2n) is 4.55. The van der Waals surface area contributed by atoms with Crippen molar-refractivity contribution in [3.05, 3.63) is 48.0 Å². The van der Waals surface area contributed by atoms with E-state index >= 15 is 0 Å². The monoisotopic (exact) mass is 215 g/mol. The first-order valence-corrected chi connectivity index (χ1v) is 6.28. The molecule has 0 saturated carbocycles. The molecule has 0 spiro atoms. The van der Waals surface area contributed by atoms with Gasteiger partial charge in [-0.3, -0.25) is 4.90 Å². The molecule has 1 aliphatic rings. The maximum absolute atomic E-state index is 2.54. The molecule has 1 nitrogen and oxygen atoms in total. The van der Waals surface area contributed by atoms with E-state index in [0.29, 0.717) is 0 Å². The van der Waals surface area contributed by atoms with Crippen molar-refractivity contribution in [1.82, 2.24) is 4.90 Å². The third kappa shape index (κ3) is 2.96. The Kier molecular flexibility index (Phi) is 4.17. The van der Waals surface area contributed by atoms with Gasteiger partial charge in [0.25, 0.3) is 0 Å². The molecule has 0 atom stereocenters. The van der Waals surface area contributed by atoms with E-state index in [1.807, 2.05) is 0 Å². The molecule has 16 heavy (non-hydrogen) atoms. The standard InChI is InChI=1S/C15H21N/c1-2-3-11-16-12-9-15(10-13-16)14-7-5-4-6-8-14/h2-8,15H,9-13H2,1H3/b3-2-. The largest absolute Gasteiger partial charge is 0.300 e. The molecule has 1 aromatic carbocycles. The normalized spacial score (nSPS) is 19.3. The molecule has 1 saturated heterocycles. The number of rotatable bonds is 3. The number of likely N-dealkylation sites (tertiary alicyclic amines) is 1. The molecule has 1 heteroatoms. The number of nitrogens with zero attached hydrogens (tertiary/aromatic N) is 1. The van der Waals surface area contributed by atoms with Crippen LogP contribution in [0.15, 0.2) is 42.5 Å². The summed E-state index contributed by atoms with van der Waals surface area (Å²) in [7, 11) is 0. The topological polar surface area (TPSA) is 3.24 Å². The summed E-state index contributed by atoms with van der Waals surface area (Å²) in [5.74, 6) is 0.781. The van der Waals surface area contributed by atoms with Crippen molar-refractivity contribution in [2.45, 2.75) is 25.7 Å². The van der Waals surface area contributed by atoms with E-state index in [1.165, 1.54) is 31.5 Å². The minimum Gasteiger partial charge on any atom is -0.300 e. The maximum atomic E-state index is 2.54. The molecule has 1 aliphatic heterocycles. The summed E-state index contributed by atoms with van der Waals surface area (Å²) < 4.78 is 0. The lowest BCUT2D eigenvalue weighted by molar-refractivity contribution is 0.232. The molecule has 0 aliphatic carbocycles. The first-order chi connectivity index (χ1) is 7.90. The van der Waals surface area contributed by atoms with Crippen LogP contribution in [0.3, 0.4) is 0 Å². The van der Waals surface area contributed by atoms with E-state index in [0.717, 1.165) is 12.5 Å². The minimum atomic E-state index is 0.781. The summed E-state index contributed by atoms with van der Waals surface area (Å²) in [6.45, 7) is 5.70. The van der Waals surface area contributed by atoms with Crippen LogP contribution < -0.4 is 0 Å². The van der Waals surface area contributed by atoms with Crippen LogP contribution in [0.5, 0.6) is 0 Å². The number of piperidine rings is 1. The van der Waals surface area contributed by atoms with Crippen molar-refractivity contribution >= 4 is 0 Å². The van der Waals surface area contributed by atoms with Gasteiger partial charge < -0.3 is 0 Å². The van der Waals surface area contributed by atoms with Crippen LogP contribution in [0.2, 0.25) is 0 Å². The zero-order valence-corrected chi connectivity index (χ0v) is 10.1. The second kappa shape index (κ2) is 5.86. The Morgan fingerprint density at radius 3 is 2.50 bits per heavy atom. The Hall–Kier alpha value is -1.08. The predicted octanol–water partition coefficient (Wildman–Crippen LogP) is 3.44. The quantitative estimate of drug-likeness (QED) is 0.698. The van der Waals surface area contributed by atoms with Crippen LogP contribution in [0.4, 0.5) is 0 Å². The summed E-state index contributed by atoms with van der Waals surface area (Å²) in [6, 6.07) is 11.0. The molecule has 0 radical (unpaired) electrons. The van der Waals surface area contributed by atoms with Crippen LogP contribution in [0.25, 0.3) is 0 Å². The van der Waals surface area contributed by atoms with Gasteiger partial charge in [0.1, 0.15) is 0 Å². The average molecular weight is 215 g/mol. The highest BCUT2D eigenvalue weighted by Gasteiger charge is 2.19. The number of hydrogen-bond acceptors (Lipinski definition) is 1. The van der Waals surface area contributed by atoms with Gasteiger partial charge in [0, 0.05) is 6.54 Å². The van der Waals surface area contributed by atoms with Crippen LogP contribution in [0, 0.1) is 0 Å². The lowest BCUT2D eigenvalue weighted by atomic mass is 9.89. The Morgan fingerprint density at radius 1 is 1.19 bits per heavy atom. The molecular formula is C15H21N. The van der Waals surface area contributed by atoms with E-state index in [1.54, 1.807) is 0 Å². The smallest absolute Gasteiger partial charge is 0.0163 e. The van der Waals surface area contributed by atoms with Crippen LogP contribution in [-0.4, -0.2) is 24.5 Å². The van der Waals surface area contributed by atoms with Crippen LogP contribution in [0.1, 0.15) is 31.2 Å². The maximum Gasteiger partial charge on any atom is 0.0163 e. The van der Waals surface area contributed by atoms with E-state index in [-0.39, 0.29) is 0 Å². The van der Waals surface area contributed by atoms with Crippen molar-refractivity contribution in [3.8, 4) is 0 Å². The van der Waals surface area contributed by atoms with Gasteiger partial charge in [0.05, 0.1) is 0 Å². The summed E-state index contributed by atoms with van der Waals surface area (Å²) in [5, 5.41) is 0. The van der Waals surface area contributed by atoms with Gasteiger partial charge in [-0.2, -0.15) is 0 Å². The Labute approximate surface area is 98.8 Å². The lowest BCUT2D eigenvalue weighted by Crippen LogP contribution is -2.32. The van der Waals surface area contributed by atoms with Crippen LogP contribution in [-0.2, 0) is 0 Å². The molecule has 1 heterocycles. The second-order valence-corrected chi connectivity index (χ2v) is 4.55. The van der Waals surface area contributed by atoms with Gasteiger partial charge in [0.15, 0.2) is 0 Å². The molecule has 0 N–H and O–H groups in total. The summed E-state index contributed by atoms with van der Waals surface area (Å²) >= 11 is 0. The van der Waals surface area contributed by atoms with Gasteiger partial charge in [-0.05, 0) is 44.3 Å². The highest BCUT2D eigenvalue weighted by molar-refractivity contribution is 5.20. The van der Waals surface area contributed by atoms with Crippen molar-refractivity contribution in [2.24, 2.45) is 0 Å². The predicted molar refractivity (Wildman–Crippen MR) is 69.7 cm³/mol. The van der Waals surface area contributed by atoms with E-state index in [4.69, 9.17) is 0 Å². The lowest BCUT2D eigenvalue weighted by Gasteiger charge is -2.31. The minimum absolute atomic E-state index is 0.781. The third-order valence-corrected chi connectivity index (χ3v) is 3.46. The van der Waals surface area contributed by atoms with Gasteiger partial charge in [-0.25, -0.2) is 0 Å². The molecule has 0 aromatic heterocycles. The highest BCUT2D eigenvalue weighted by Crippen LogP contribution is 2.27. The van der Waals surface area contributed by atoms with Crippen molar-refractivity contribution in [1.29, 1.82) is 0 Å². The van der Waals surface area contributed by atoms with Crippen molar-refractivity contribution in [3.63, 3.8) is 0 Å². The Balaban J connectivity index is 1.86. The van der Waals surface area contributed by atoms with E-state index in [2.05, 4.69) is 54.3 Å². The zero-order chi connectivity index (χ0) is 11.2. The molecule has 86 valence electrons. The number of allylic oxidation sites excluding steroid dienone is 1. The van der Waals surface area contributed by atoms with Crippen LogP contribution >= 0.6 is 0 Å². The van der Waals surface area contributed by atoms with Crippen molar-refractivity contribution in [2.75, 3.05) is 19.6 Å². The number of benzene rings is 1. The third-order valence-electron chi connectivity index (χ3n) is 3.46. The fourth-order valence-corrected chi connectivity index (χ4v) is 2.43. The van der Waals surface area contributed by atoms with Crippen molar-refractivity contribution < 1.29 is 0 Å². The fraction of sp³-hybridized carbons (Fsp3) is 0.467. The van der Waals surface area contributed by atoms with E-state index in [9.17, 15) is 0 Å². The van der Waals surface area contributed by atoms with Gasteiger partial charge in [-0.15, -0.1) is 0 Å². The molecule has 1 fully saturated rings. The SMILES string of the molecule is C/C=C\CN1CCC(c2ccccc2)CC1. The molecule has 2 rings (SSSR count). The molecule has 0 amide bonds. The summed E-state index contributed by atoms with van der Waals surface area (Å²) in [5.41, 5.74) is 1.52. The van der Waals surface area contributed by atoms with E-state index < -0.39 is 0 Å². The molecule has 1 aromatic rings. The summed E-state index contributed by atoms with van der Waals surface area (Å²) in [6.07, 6.45) is 7.01. The average Bonchev–Trinajstić information content (AvgIpc) is 2.38. The van der Waals surface area contributed by atoms with Gasteiger partial charge >= 0.3 is 0 Å². The first kappa shape index (κ1) is 11.4. The summed E-state index contributed by atoms with van der Waals surface area (Å²) in [4.78, 5) is 2.54. The van der Waals surface area contributed by atoms with Gasteiger partial charge in [0.2, 0.25) is 0 Å². The zero-order valence-electron chi connectivity index (χ0n) is 10.1. The molecule has 0 bridgehead atoms. The first-order valence-electron chi connectivity index (χ1n) is 6.28.